The van der Waals surface area contributed by atoms with Crippen molar-refractivity contribution in [3.8, 4) is 0 Å². The minimum absolute atomic E-state index is 0.0380. The summed E-state index contributed by atoms with van der Waals surface area (Å²) in [5.74, 6) is 0.0921. The van der Waals surface area contributed by atoms with Gasteiger partial charge in [-0.2, -0.15) is 0 Å². The Balaban J connectivity index is 2.07. The maximum atomic E-state index is 12.7. The standard InChI is InChI=1S/C20H30O4/c1-5-13(2)19(23)24-11-15-8-6-7-14(3)16-10-20(4,12-21)17(16)9-18(15)22/h8,13,16-17,21H,3,5-7,9-12H2,1-2,4H3/b15-8-/t13-,16-,17-,20+/m1/s1. The lowest BCUT2D eigenvalue weighted by Gasteiger charge is -2.53. The minimum atomic E-state index is -0.253. The Morgan fingerprint density at radius 1 is 1.54 bits per heavy atom. The van der Waals surface area contributed by atoms with E-state index < -0.39 is 0 Å². The predicted molar refractivity (Wildman–Crippen MR) is 93.3 cm³/mol. The van der Waals surface area contributed by atoms with Gasteiger partial charge in [-0.15, -0.1) is 0 Å². The van der Waals surface area contributed by atoms with Gasteiger partial charge in [0.2, 0.25) is 0 Å². The molecule has 4 nitrogen and oxygen atoms in total. The van der Waals surface area contributed by atoms with Gasteiger partial charge >= 0.3 is 5.97 Å². The van der Waals surface area contributed by atoms with Crippen LogP contribution in [0.3, 0.4) is 0 Å². The van der Waals surface area contributed by atoms with E-state index in [0.29, 0.717) is 17.9 Å². The van der Waals surface area contributed by atoms with Gasteiger partial charge in [0.05, 0.1) is 5.92 Å². The van der Waals surface area contributed by atoms with Crippen LogP contribution in [0.5, 0.6) is 0 Å². The van der Waals surface area contributed by atoms with Gasteiger partial charge in [-0.05, 0) is 42.9 Å². The lowest BCUT2D eigenvalue weighted by atomic mass is 9.51. The molecule has 0 aliphatic heterocycles. The highest BCUT2D eigenvalue weighted by molar-refractivity contribution is 5.96. The molecule has 0 amide bonds. The fraction of sp³-hybridized carbons (Fsp3) is 0.700. The molecule has 0 aromatic heterocycles. The Kier molecular flexibility index (Phi) is 6.02. The molecule has 134 valence electrons. The van der Waals surface area contributed by atoms with E-state index in [0.717, 1.165) is 25.7 Å². The van der Waals surface area contributed by atoms with Crippen LogP contribution in [-0.4, -0.2) is 30.1 Å². The minimum Gasteiger partial charge on any atom is -0.460 e. The van der Waals surface area contributed by atoms with E-state index in [9.17, 15) is 14.7 Å². The van der Waals surface area contributed by atoms with Crippen LogP contribution in [0.4, 0.5) is 0 Å². The van der Waals surface area contributed by atoms with Crippen molar-refractivity contribution in [2.75, 3.05) is 13.2 Å². The van der Waals surface area contributed by atoms with E-state index >= 15 is 0 Å². The number of esters is 1. The van der Waals surface area contributed by atoms with Crippen molar-refractivity contribution < 1.29 is 19.4 Å². The molecule has 0 saturated heterocycles. The number of carbonyl (C=O) groups excluding carboxylic acids is 2. The SMILES string of the molecule is C=C1CC/C=C(/COC(=O)[C@H](C)CC)C(=O)C[C@@H]2[C@@H]1C[C@@]2(C)CO. The topological polar surface area (TPSA) is 63.6 Å². The second-order valence-corrected chi connectivity index (χ2v) is 7.70. The molecule has 1 fully saturated rings. The molecular weight excluding hydrogens is 304 g/mol. The van der Waals surface area contributed by atoms with Crippen LogP contribution < -0.4 is 0 Å². The summed E-state index contributed by atoms with van der Waals surface area (Å²) in [5, 5.41) is 9.69. The maximum absolute atomic E-state index is 12.7. The molecule has 0 spiro atoms. The normalized spacial score (nSPS) is 33.9. The quantitative estimate of drug-likeness (QED) is 0.618. The summed E-state index contributed by atoms with van der Waals surface area (Å²) in [6.45, 7) is 10.2. The zero-order valence-corrected chi connectivity index (χ0v) is 15.1. The highest BCUT2D eigenvalue weighted by atomic mass is 16.5. The van der Waals surface area contributed by atoms with Crippen molar-refractivity contribution in [1.29, 1.82) is 0 Å². The predicted octanol–water partition coefficient (Wildman–Crippen LogP) is 3.45. The van der Waals surface area contributed by atoms with Crippen LogP contribution in [0.25, 0.3) is 0 Å². The lowest BCUT2D eigenvalue weighted by Crippen LogP contribution is -2.49. The third-order valence-electron chi connectivity index (χ3n) is 5.96. The first-order valence-electron chi connectivity index (χ1n) is 8.99. The summed E-state index contributed by atoms with van der Waals surface area (Å²) in [6, 6.07) is 0. The highest BCUT2D eigenvalue weighted by Crippen LogP contribution is 2.56. The molecule has 0 radical (unpaired) electrons. The molecule has 4 atom stereocenters. The van der Waals surface area contributed by atoms with Gasteiger partial charge in [0.25, 0.3) is 0 Å². The fourth-order valence-corrected chi connectivity index (χ4v) is 3.78. The average Bonchev–Trinajstić information content (AvgIpc) is 2.62. The van der Waals surface area contributed by atoms with Crippen molar-refractivity contribution in [3.63, 3.8) is 0 Å². The van der Waals surface area contributed by atoms with E-state index in [1.807, 2.05) is 26.8 Å². The zero-order valence-electron chi connectivity index (χ0n) is 15.1. The summed E-state index contributed by atoms with van der Waals surface area (Å²) in [5.41, 5.74) is 1.56. The van der Waals surface area contributed by atoms with Gasteiger partial charge in [0, 0.05) is 18.6 Å². The average molecular weight is 334 g/mol. The van der Waals surface area contributed by atoms with Gasteiger partial charge in [0.1, 0.15) is 6.61 Å². The molecule has 0 aromatic rings. The third-order valence-corrected chi connectivity index (χ3v) is 5.96. The largest absolute Gasteiger partial charge is 0.460 e. The van der Waals surface area contributed by atoms with Crippen molar-refractivity contribution >= 4 is 11.8 Å². The van der Waals surface area contributed by atoms with E-state index in [2.05, 4.69) is 6.58 Å². The van der Waals surface area contributed by atoms with Crippen LogP contribution >= 0.6 is 0 Å². The fourth-order valence-electron chi connectivity index (χ4n) is 3.78. The second kappa shape index (κ2) is 7.64. The monoisotopic (exact) mass is 334 g/mol. The molecule has 0 bridgehead atoms. The van der Waals surface area contributed by atoms with Crippen LogP contribution in [0.1, 0.15) is 52.9 Å². The van der Waals surface area contributed by atoms with Crippen LogP contribution in [0, 0.1) is 23.2 Å². The van der Waals surface area contributed by atoms with Gasteiger partial charge < -0.3 is 9.84 Å². The van der Waals surface area contributed by atoms with Gasteiger partial charge in [0.15, 0.2) is 5.78 Å². The van der Waals surface area contributed by atoms with Gasteiger partial charge in [-0.25, -0.2) is 0 Å². The van der Waals surface area contributed by atoms with Gasteiger partial charge in [-0.3, -0.25) is 9.59 Å². The molecule has 4 heteroatoms. The molecule has 0 unspecified atom stereocenters. The molecule has 2 aliphatic carbocycles. The van der Waals surface area contributed by atoms with Crippen LogP contribution in [-0.2, 0) is 14.3 Å². The van der Waals surface area contributed by atoms with Crippen LogP contribution in [0.2, 0.25) is 0 Å². The number of ether oxygens (including phenoxy) is 1. The number of fused-ring (bicyclic) bond motifs is 1. The molecule has 2 aliphatic rings. The zero-order chi connectivity index (χ0) is 17.9. The number of Topliss-reactive ketones (excluding diaryl/α,β-unsaturated/α-hetero) is 1. The smallest absolute Gasteiger partial charge is 0.308 e. The number of allylic oxidation sites excluding steroid dienone is 2. The van der Waals surface area contributed by atoms with Crippen LogP contribution in [0.15, 0.2) is 23.8 Å². The molecule has 1 saturated carbocycles. The summed E-state index contributed by atoms with van der Waals surface area (Å²) < 4.78 is 5.33. The Morgan fingerprint density at radius 2 is 2.25 bits per heavy atom. The van der Waals surface area contributed by atoms with E-state index in [1.165, 1.54) is 5.57 Å². The Bertz CT molecular complexity index is 548. The number of ketones is 1. The Labute approximate surface area is 145 Å². The van der Waals surface area contributed by atoms with E-state index in [1.54, 1.807) is 0 Å². The summed E-state index contributed by atoms with van der Waals surface area (Å²) in [7, 11) is 0. The first-order valence-corrected chi connectivity index (χ1v) is 8.99. The highest BCUT2D eigenvalue weighted by Gasteiger charge is 2.51. The number of hydrogen-bond acceptors (Lipinski definition) is 4. The Hall–Kier alpha value is -1.42. The molecule has 0 heterocycles. The maximum Gasteiger partial charge on any atom is 0.308 e. The number of aliphatic hydroxyl groups excluding tert-OH is 1. The van der Waals surface area contributed by atoms with E-state index in [-0.39, 0.29) is 42.2 Å². The summed E-state index contributed by atoms with van der Waals surface area (Å²) in [4.78, 5) is 24.6. The van der Waals surface area contributed by atoms with E-state index in [4.69, 9.17) is 4.74 Å². The van der Waals surface area contributed by atoms with Crippen molar-refractivity contribution in [3.05, 3.63) is 23.8 Å². The summed E-state index contributed by atoms with van der Waals surface area (Å²) >= 11 is 0. The number of aliphatic hydroxyl groups is 1. The number of carbonyl (C=O) groups is 2. The first kappa shape index (κ1) is 18.9. The molecule has 1 N–H and O–H groups in total. The second-order valence-electron chi connectivity index (χ2n) is 7.70. The molecule has 2 rings (SSSR count). The first-order chi connectivity index (χ1) is 11.3. The lowest BCUT2D eigenvalue weighted by molar-refractivity contribution is -0.147. The van der Waals surface area contributed by atoms with Gasteiger partial charge in [-0.1, -0.05) is 39.0 Å². The Morgan fingerprint density at radius 3 is 2.88 bits per heavy atom. The summed E-state index contributed by atoms with van der Waals surface area (Å²) in [6.07, 6.45) is 5.52. The van der Waals surface area contributed by atoms with Crippen molar-refractivity contribution in [1.82, 2.24) is 0 Å². The molecule has 0 aromatic carbocycles. The number of hydrogen-bond donors (Lipinski definition) is 1. The van der Waals surface area contributed by atoms with Crippen molar-refractivity contribution in [2.45, 2.75) is 52.9 Å². The third kappa shape index (κ3) is 3.80. The van der Waals surface area contributed by atoms with Crippen molar-refractivity contribution in [2.24, 2.45) is 23.2 Å². The number of rotatable bonds is 5. The molecule has 24 heavy (non-hydrogen) atoms. The molecular formula is C20H30O4.